The Morgan fingerprint density at radius 2 is 1.86 bits per heavy atom. The molecule has 16 heteroatoms. The van der Waals surface area contributed by atoms with Crippen LogP contribution in [-0.4, -0.2) is 102 Å². The summed E-state index contributed by atoms with van der Waals surface area (Å²) < 4.78 is 27.5. The van der Waals surface area contributed by atoms with Crippen LogP contribution < -0.4 is 21.7 Å². The number of hydrogen-bond acceptors (Lipinski definition) is 8. The van der Waals surface area contributed by atoms with Gasteiger partial charge in [0.1, 0.15) is 6.04 Å². The summed E-state index contributed by atoms with van der Waals surface area (Å²) in [6.45, 7) is 2.45. The molecule has 1 aliphatic rings. The molecule has 1 saturated heterocycles. The molecule has 0 saturated carbocycles. The quantitative estimate of drug-likeness (QED) is 0.123. The fraction of sp³-hybridized carbons (Fsp3) is 0.515. The van der Waals surface area contributed by atoms with Crippen molar-refractivity contribution in [2.24, 2.45) is 16.6 Å². The number of amides is 4. The van der Waals surface area contributed by atoms with E-state index >= 15 is 0 Å². The summed E-state index contributed by atoms with van der Waals surface area (Å²) in [6.07, 6.45) is 1.75. The Morgan fingerprint density at radius 3 is 2.53 bits per heavy atom. The molecule has 264 valence electrons. The molecule has 5 N–H and O–H groups in total. The molecule has 3 rings (SSSR count). The van der Waals surface area contributed by atoms with E-state index in [-0.39, 0.29) is 42.4 Å². The van der Waals surface area contributed by atoms with Crippen LogP contribution in [0.5, 0.6) is 0 Å². The van der Waals surface area contributed by atoms with Gasteiger partial charge in [0.2, 0.25) is 17.7 Å². The number of halogens is 2. The normalized spacial score (nSPS) is 16.2. The topological polar surface area (TPSA) is 203 Å². The lowest BCUT2D eigenvalue weighted by Crippen LogP contribution is -2.43. The van der Waals surface area contributed by atoms with Crippen LogP contribution in [0.4, 0.5) is 14.5 Å². The molecule has 2 atom stereocenters. The highest BCUT2D eigenvalue weighted by atomic mass is 19.3. The van der Waals surface area contributed by atoms with Crippen molar-refractivity contribution in [3.05, 3.63) is 36.0 Å². The van der Waals surface area contributed by atoms with Crippen LogP contribution >= 0.6 is 0 Å². The number of carbonyl (C=O) groups excluding carboxylic acids is 5. The number of aliphatic imine (C=N–C) groups is 1. The Labute approximate surface area is 283 Å². The maximum Gasteiger partial charge on any atom is 0.268 e. The van der Waals surface area contributed by atoms with Gasteiger partial charge in [-0.2, -0.15) is 5.26 Å². The maximum absolute atomic E-state index is 13.7. The zero-order valence-corrected chi connectivity index (χ0v) is 28.1. The third-order valence-corrected chi connectivity index (χ3v) is 7.87. The first-order chi connectivity index (χ1) is 23.1. The maximum atomic E-state index is 13.7. The molecule has 1 aromatic heterocycles. The van der Waals surface area contributed by atoms with Gasteiger partial charge >= 0.3 is 0 Å². The number of nitrogens with zero attached hydrogens (tertiary/aromatic N) is 5. The Bertz CT molecular complexity index is 1620. The highest BCUT2D eigenvalue weighted by Gasteiger charge is 2.47. The monoisotopic (exact) mass is 683 g/mol. The van der Waals surface area contributed by atoms with Crippen LogP contribution in [0.3, 0.4) is 0 Å². The van der Waals surface area contributed by atoms with E-state index in [1.54, 1.807) is 57.1 Å². The first-order valence-corrected chi connectivity index (χ1v) is 16.0. The van der Waals surface area contributed by atoms with Crippen molar-refractivity contribution in [3.63, 3.8) is 0 Å². The highest BCUT2D eigenvalue weighted by molar-refractivity contribution is 6.10. The number of nitriles is 1. The van der Waals surface area contributed by atoms with Crippen LogP contribution in [0.1, 0.15) is 62.7 Å². The summed E-state index contributed by atoms with van der Waals surface area (Å²) >= 11 is 0. The lowest BCUT2D eigenvalue weighted by Gasteiger charge is -2.19. The van der Waals surface area contributed by atoms with Gasteiger partial charge in [-0.3, -0.25) is 33.9 Å². The first-order valence-electron chi connectivity index (χ1n) is 16.0. The fourth-order valence-corrected chi connectivity index (χ4v) is 5.23. The number of alkyl halides is 2. The number of benzene rings is 1. The third-order valence-electron chi connectivity index (χ3n) is 7.87. The molecule has 0 spiro atoms. The van der Waals surface area contributed by atoms with Crippen molar-refractivity contribution in [1.29, 1.82) is 5.26 Å². The lowest BCUT2D eigenvalue weighted by atomic mass is 9.97. The van der Waals surface area contributed by atoms with Gasteiger partial charge in [0.05, 0.1) is 42.0 Å². The number of rotatable bonds is 15. The molecule has 0 radical (unpaired) electrons. The minimum absolute atomic E-state index is 0.00729. The van der Waals surface area contributed by atoms with E-state index in [4.69, 9.17) is 11.0 Å². The Morgan fingerprint density at radius 1 is 1.14 bits per heavy atom. The van der Waals surface area contributed by atoms with Gasteiger partial charge in [-0.25, -0.2) is 8.78 Å². The second kappa shape index (κ2) is 17.3. The molecule has 2 aromatic rings. The summed E-state index contributed by atoms with van der Waals surface area (Å²) in [5, 5.41) is 17.5. The molecule has 0 bridgehead atoms. The third kappa shape index (κ3) is 10.9. The second-order valence-corrected chi connectivity index (χ2v) is 12.3. The van der Waals surface area contributed by atoms with Crippen LogP contribution in [-0.2, 0) is 19.2 Å². The average Bonchev–Trinajstić information content (AvgIpc) is 3.38. The number of ketones is 1. The fourth-order valence-electron chi connectivity index (χ4n) is 5.23. The number of guanidine groups is 1. The molecular weight excluding hydrogens is 640 g/mol. The van der Waals surface area contributed by atoms with E-state index in [9.17, 15) is 32.8 Å². The molecule has 1 aliphatic heterocycles. The highest BCUT2D eigenvalue weighted by Crippen LogP contribution is 2.31. The van der Waals surface area contributed by atoms with E-state index in [1.807, 2.05) is 0 Å². The van der Waals surface area contributed by atoms with E-state index in [2.05, 4.69) is 25.9 Å². The SMILES string of the molecule is CC(C)C(=O)[C@H](CCCN=C(N)N(C)C)NC(=O)CCCC(=O)Nc1cccc2c(C(=O)NCC(=O)N3CC(F)(F)C[C@H]3C#N)ccnc12. The van der Waals surface area contributed by atoms with Gasteiger partial charge in [-0.05, 0) is 31.4 Å². The van der Waals surface area contributed by atoms with E-state index in [1.165, 1.54) is 12.3 Å². The van der Waals surface area contributed by atoms with Crippen molar-refractivity contribution < 1.29 is 32.8 Å². The number of anilines is 1. The van der Waals surface area contributed by atoms with Crippen LogP contribution in [0, 0.1) is 17.2 Å². The summed E-state index contributed by atoms with van der Waals surface area (Å²) in [5.41, 5.74) is 6.54. The largest absolute Gasteiger partial charge is 0.370 e. The van der Waals surface area contributed by atoms with E-state index in [0.717, 1.165) is 4.90 Å². The molecule has 2 heterocycles. The molecule has 14 nitrogen and oxygen atoms in total. The number of aromatic nitrogens is 1. The number of para-hydroxylation sites is 1. The van der Waals surface area contributed by atoms with Crippen molar-refractivity contribution in [2.75, 3.05) is 39.0 Å². The van der Waals surface area contributed by atoms with E-state index < -0.39 is 55.2 Å². The minimum atomic E-state index is -3.18. The van der Waals surface area contributed by atoms with E-state index in [0.29, 0.717) is 41.9 Å². The number of nitrogens with two attached hydrogens (primary N) is 1. The predicted molar refractivity (Wildman–Crippen MR) is 178 cm³/mol. The summed E-state index contributed by atoms with van der Waals surface area (Å²) in [4.78, 5) is 74.7. The Kier molecular flexibility index (Phi) is 13.5. The molecule has 0 unspecified atom stereocenters. The first kappa shape index (κ1) is 38.2. The molecule has 1 fully saturated rings. The predicted octanol–water partition coefficient (Wildman–Crippen LogP) is 2.20. The van der Waals surface area contributed by atoms with Crippen molar-refractivity contribution in [3.8, 4) is 6.07 Å². The number of nitrogens with one attached hydrogen (secondary N) is 3. The zero-order chi connectivity index (χ0) is 36.3. The molecule has 1 aromatic carbocycles. The van der Waals surface area contributed by atoms with Crippen molar-refractivity contribution in [1.82, 2.24) is 25.4 Å². The number of carbonyl (C=O) groups is 5. The summed E-state index contributed by atoms with van der Waals surface area (Å²) in [7, 11) is 3.54. The minimum Gasteiger partial charge on any atom is -0.370 e. The number of pyridine rings is 1. The van der Waals surface area contributed by atoms with Gasteiger partial charge in [0.25, 0.3) is 11.8 Å². The Balaban J connectivity index is 1.55. The van der Waals surface area contributed by atoms with Crippen LogP contribution in [0.15, 0.2) is 35.5 Å². The average molecular weight is 684 g/mol. The van der Waals surface area contributed by atoms with Gasteiger partial charge < -0.3 is 31.5 Å². The van der Waals surface area contributed by atoms with Gasteiger partial charge in [-0.1, -0.05) is 26.0 Å². The zero-order valence-electron chi connectivity index (χ0n) is 28.1. The van der Waals surface area contributed by atoms with Crippen LogP contribution in [0.25, 0.3) is 10.9 Å². The Hall–Kier alpha value is -5.20. The second-order valence-electron chi connectivity index (χ2n) is 12.3. The summed E-state index contributed by atoms with van der Waals surface area (Å²) in [5.74, 6) is -5.42. The van der Waals surface area contributed by atoms with Gasteiger partial charge in [-0.15, -0.1) is 0 Å². The smallest absolute Gasteiger partial charge is 0.268 e. The van der Waals surface area contributed by atoms with Crippen LogP contribution in [0.2, 0.25) is 0 Å². The molecule has 49 heavy (non-hydrogen) atoms. The lowest BCUT2D eigenvalue weighted by molar-refractivity contribution is -0.131. The van der Waals surface area contributed by atoms with Gasteiger partial charge in [0, 0.05) is 57.4 Å². The van der Waals surface area contributed by atoms with Crippen molar-refractivity contribution in [2.45, 2.75) is 70.4 Å². The number of likely N-dealkylation sites (tertiary alicyclic amines) is 1. The summed E-state index contributed by atoms with van der Waals surface area (Å²) in [6, 6.07) is 5.95. The van der Waals surface area contributed by atoms with Gasteiger partial charge in [0.15, 0.2) is 11.7 Å². The number of fused-ring (bicyclic) bond motifs is 1. The van der Waals surface area contributed by atoms with Crippen molar-refractivity contribution >= 4 is 52.0 Å². The standard InChI is InChI=1S/C33H43F2N9O5/c1-20(2)30(48)25(10-7-14-39-32(37)43(3)4)42-27(46)12-6-11-26(45)41-24-9-5-8-22-23(13-15-38-29(22)24)31(49)40-18-28(47)44-19-33(34,35)16-21(44)17-36/h5,8-9,13,15,20-21,25H,6-7,10-12,14,16,18-19H2,1-4H3,(H2,37,39)(H,40,49)(H,41,45)(H,42,46)/t21-,25-/m0/s1. The molecule has 0 aliphatic carbocycles. The molecule has 4 amide bonds. The molecular formula is C33H43F2N9O5. The number of Topliss-reactive ketones (excluding diaryl/α,β-unsaturated/α-hetero) is 1. The number of hydrogen-bond donors (Lipinski definition) is 4.